The highest BCUT2D eigenvalue weighted by atomic mass is 32.2. The van der Waals surface area contributed by atoms with Gasteiger partial charge < -0.3 is 5.73 Å². The van der Waals surface area contributed by atoms with Crippen LogP contribution in [0.1, 0.15) is 52.4 Å². The number of nitrogens with two attached hydrogens (primary N) is 1. The van der Waals surface area contributed by atoms with Crippen molar-refractivity contribution in [3.63, 3.8) is 0 Å². The van der Waals surface area contributed by atoms with Crippen molar-refractivity contribution in [2.45, 2.75) is 57.6 Å². The molecular weight excluding hydrogens is 190 g/mol. The lowest BCUT2D eigenvalue weighted by Crippen LogP contribution is -2.23. The molecule has 1 aliphatic rings. The highest BCUT2D eigenvalue weighted by Crippen LogP contribution is 2.31. The first-order valence-electron chi connectivity index (χ1n) is 5.96. The van der Waals surface area contributed by atoms with Crippen LogP contribution in [0.3, 0.4) is 0 Å². The van der Waals surface area contributed by atoms with E-state index >= 15 is 0 Å². The van der Waals surface area contributed by atoms with Crippen molar-refractivity contribution < 1.29 is 0 Å². The van der Waals surface area contributed by atoms with E-state index in [1.807, 2.05) is 0 Å². The molecule has 0 spiro atoms. The zero-order chi connectivity index (χ0) is 10.4. The van der Waals surface area contributed by atoms with E-state index in [1.165, 1.54) is 44.3 Å². The molecule has 1 nitrogen and oxygen atoms in total. The van der Waals surface area contributed by atoms with Gasteiger partial charge in [-0.25, -0.2) is 0 Å². The minimum Gasteiger partial charge on any atom is -0.330 e. The van der Waals surface area contributed by atoms with Gasteiger partial charge in [-0.15, -0.1) is 0 Å². The van der Waals surface area contributed by atoms with E-state index in [0.717, 1.165) is 11.8 Å². The predicted octanol–water partition coefficient (Wildman–Crippen LogP) is 3.43. The van der Waals surface area contributed by atoms with Crippen LogP contribution in [-0.4, -0.2) is 17.5 Å². The summed E-state index contributed by atoms with van der Waals surface area (Å²) < 4.78 is 0. The van der Waals surface area contributed by atoms with Crippen LogP contribution in [0.2, 0.25) is 0 Å². The number of thioether (sulfide) groups is 1. The summed E-state index contributed by atoms with van der Waals surface area (Å²) in [5.41, 5.74) is 6.06. The minimum atomic E-state index is 0.357. The molecule has 0 heterocycles. The Balaban J connectivity index is 1.98. The standard InChI is InChI=1S/C12H25NS/c1-12(2,10-13)8-5-9-14-11-6-3-4-7-11/h11H,3-10,13H2,1-2H3. The fourth-order valence-corrected chi connectivity index (χ4v) is 3.27. The maximum Gasteiger partial charge on any atom is 0.00470 e. The number of rotatable bonds is 6. The first-order valence-corrected chi connectivity index (χ1v) is 7.00. The average Bonchev–Trinajstić information content (AvgIpc) is 2.65. The third-order valence-corrected chi connectivity index (χ3v) is 4.67. The SMILES string of the molecule is CC(C)(CN)CCCSC1CCCC1. The smallest absolute Gasteiger partial charge is 0.00470 e. The van der Waals surface area contributed by atoms with Crippen molar-refractivity contribution in [2.75, 3.05) is 12.3 Å². The zero-order valence-corrected chi connectivity index (χ0v) is 10.5. The molecule has 14 heavy (non-hydrogen) atoms. The second kappa shape index (κ2) is 6.02. The first kappa shape index (κ1) is 12.4. The molecule has 0 aromatic carbocycles. The van der Waals surface area contributed by atoms with Crippen LogP contribution in [0, 0.1) is 5.41 Å². The summed E-state index contributed by atoms with van der Waals surface area (Å²) in [7, 11) is 0. The summed E-state index contributed by atoms with van der Waals surface area (Å²) in [6.07, 6.45) is 8.47. The van der Waals surface area contributed by atoms with Gasteiger partial charge in [0.05, 0.1) is 0 Å². The fraction of sp³-hybridized carbons (Fsp3) is 1.00. The average molecular weight is 215 g/mol. The van der Waals surface area contributed by atoms with Gasteiger partial charge in [-0.2, -0.15) is 11.8 Å². The molecule has 0 bridgehead atoms. The molecule has 1 rings (SSSR count). The Morgan fingerprint density at radius 3 is 2.50 bits per heavy atom. The highest BCUT2D eigenvalue weighted by molar-refractivity contribution is 7.99. The van der Waals surface area contributed by atoms with E-state index in [4.69, 9.17) is 5.73 Å². The van der Waals surface area contributed by atoms with Gasteiger partial charge in [0.25, 0.3) is 0 Å². The summed E-state index contributed by atoms with van der Waals surface area (Å²) >= 11 is 2.19. The van der Waals surface area contributed by atoms with Crippen molar-refractivity contribution >= 4 is 11.8 Å². The lowest BCUT2D eigenvalue weighted by molar-refractivity contribution is 0.345. The van der Waals surface area contributed by atoms with Crippen LogP contribution < -0.4 is 5.73 Å². The van der Waals surface area contributed by atoms with Gasteiger partial charge in [0.15, 0.2) is 0 Å². The van der Waals surface area contributed by atoms with Gasteiger partial charge in [0.1, 0.15) is 0 Å². The van der Waals surface area contributed by atoms with Crippen LogP contribution in [0.15, 0.2) is 0 Å². The highest BCUT2D eigenvalue weighted by Gasteiger charge is 2.17. The van der Waals surface area contributed by atoms with Gasteiger partial charge in [-0.1, -0.05) is 26.7 Å². The molecule has 1 saturated carbocycles. The molecule has 84 valence electrons. The summed E-state index contributed by atoms with van der Waals surface area (Å²) in [6, 6.07) is 0. The molecule has 2 heteroatoms. The Kier molecular flexibility index (Phi) is 5.32. The van der Waals surface area contributed by atoms with Crippen molar-refractivity contribution in [2.24, 2.45) is 11.1 Å². The molecule has 0 aliphatic heterocycles. The summed E-state index contributed by atoms with van der Waals surface area (Å²) in [4.78, 5) is 0. The molecule has 2 N–H and O–H groups in total. The second-order valence-electron chi connectivity index (χ2n) is 5.25. The van der Waals surface area contributed by atoms with E-state index < -0.39 is 0 Å². The van der Waals surface area contributed by atoms with Gasteiger partial charge >= 0.3 is 0 Å². The summed E-state index contributed by atoms with van der Waals surface area (Å²) in [6.45, 7) is 5.36. The topological polar surface area (TPSA) is 26.0 Å². The van der Waals surface area contributed by atoms with Crippen LogP contribution in [0.5, 0.6) is 0 Å². The monoisotopic (exact) mass is 215 g/mol. The molecule has 0 unspecified atom stereocenters. The minimum absolute atomic E-state index is 0.357. The molecule has 0 aromatic rings. The van der Waals surface area contributed by atoms with Crippen LogP contribution in [0.4, 0.5) is 0 Å². The number of hydrogen-bond donors (Lipinski definition) is 1. The summed E-state index contributed by atoms with van der Waals surface area (Å²) in [5.74, 6) is 1.34. The third kappa shape index (κ3) is 4.70. The third-order valence-electron chi connectivity index (χ3n) is 3.21. The van der Waals surface area contributed by atoms with Gasteiger partial charge in [0, 0.05) is 5.25 Å². The molecule has 1 fully saturated rings. The van der Waals surface area contributed by atoms with Crippen molar-refractivity contribution in [1.29, 1.82) is 0 Å². The molecule has 0 amide bonds. The quantitative estimate of drug-likeness (QED) is 0.687. The molecule has 0 aromatic heterocycles. The molecule has 0 radical (unpaired) electrons. The first-order chi connectivity index (χ1) is 6.64. The van der Waals surface area contributed by atoms with E-state index in [1.54, 1.807) is 0 Å². The van der Waals surface area contributed by atoms with Crippen LogP contribution in [0.25, 0.3) is 0 Å². The lowest BCUT2D eigenvalue weighted by Gasteiger charge is -2.22. The largest absolute Gasteiger partial charge is 0.330 e. The van der Waals surface area contributed by atoms with E-state index in [-0.39, 0.29) is 0 Å². The Labute approximate surface area is 93.2 Å². The van der Waals surface area contributed by atoms with Crippen LogP contribution in [-0.2, 0) is 0 Å². The van der Waals surface area contributed by atoms with Gasteiger partial charge in [-0.3, -0.25) is 0 Å². The maximum absolute atomic E-state index is 5.70. The second-order valence-corrected chi connectivity index (χ2v) is 6.66. The van der Waals surface area contributed by atoms with Crippen molar-refractivity contribution in [3.8, 4) is 0 Å². The molecule has 0 saturated heterocycles. The van der Waals surface area contributed by atoms with E-state index in [2.05, 4.69) is 25.6 Å². The maximum atomic E-state index is 5.70. The van der Waals surface area contributed by atoms with Crippen molar-refractivity contribution in [1.82, 2.24) is 0 Å². The molecule has 1 aliphatic carbocycles. The van der Waals surface area contributed by atoms with Crippen molar-refractivity contribution in [3.05, 3.63) is 0 Å². The fourth-order valence-electron chi connectivity index (χ4n) is 1.96. The normalized spacial score (nSPS) is 19.1. The molecular formula is C12H25NS. The van der Waals surface area contributed by atoms with E-state index in [0.29, 0.717) is 5.41 Å². The van der Waals surface area contributed by atoms with E-state index in [9.17, 15) is 0 Å². The van der Waals surface area contributed by atoms with Crippen LogP contribution >= 0.6 is 11.8 Å². The predicted molar refractivity (Wildman–Crippen MR) is 66.8 cm³/mol. The number of hydrogen-bond acceptors (Lipinski definition) is 2. The Morgan fingerprint density at radius 2 is 1.93 bits per heavy atom. The van der Waals surface area contributed by atoms with Gasteiger partial charge in [0.2, 0.25) is 0 Å². The Bertz CT molecular complexity index is 150. The zero-order valence-electron chi connectivity index (χ0n) is 9.72. The summed E-state index contributed by atoms with van der Waals surface area (Å²) in [5, 5.41) is 0.982. The lowest BCUT2D eigenvalue weighted by atomic mass is 9.88. The Hall–Kier alpha value is 0.310. The van der Waals surface area contributed by atoms with Gasteiger partial charge in [-0.05, 0) is 43.4 Å². The Morgan fingerprint density at radius 1 is 1.29 bits per heavy atom. The molecule has 0 atom stereocenters.